The zero-order valence-corrected chi connectivity index (χ0v) is 16.8. The van der Waals surface area contributed by atoms with Gasteiger partial charge in [-0.1, -0.05) is 29.8 Å². The maximum Gasteiger partial charge on any atom is 0.255 e. The van der Waals surface area contributed by atoms with E-state index < -0.39 is 0 Å². The van der Waals surface area contributed by atoms with Gasteiger partial charge in [-0.15, -0.1) is 12.4 Å². The third-order valence-corrected chi connectivity index (χ3v) is 5.26. The average molecular weight is 397 g/mol. The van der Waals surface area contributed by atoms with Gasteiger partial charge < -0.3 is 10.6 Å². The van der Waals surface area contributed by atoms with Crippen molar-refractivity contribution in [1.82, 2.24) is 20.4 Å². The van der Waals surface area contributed by atoms with Gasteiger partial charge in [-0.3, -0.25) is 9.48 Å². The quantitative estimate of drug-likeness (QED) is 0.786. The van der Waals surface area contributed by atoms with Gasteiger partial charge in [-0.05, 0) is 57.3 Å². The SMILES string of the molecule is Cc1nn(Cc2ccccc2Cl)c(C)c1C(=O)NCCC1CCNC1.Cl. The molecular formula is C19H26Cl2N4O. The van der Waals surface area contributed by atoms with Crippen LogP contribution >= 0.6 is 24.0 Å². The topological polar surface area (TPSA) is 59.0 Å². The van der Waals surface area contributed by atoms with E-state index in [0.717, 1.165) is 36.5 Å². The Balaban J connectivity index is 0.00000243. The van der Waals surface area contributed by atoms with Gasteiger partial charge in [0.1, 0.15) is 0 Å². The summed E-state index contributed by atoms with van der Waals surface area (Å²) < 4.78 is 1.85. The van der Waals surface area contributed by atoms with Crippen LogP contribution < -0.4 is 10.6 Å². The van der Waals surface area contributed by atoms with Gasteiger partial charge in [0.15, 0.2) is 0 Å². The van der Waals surface area contributed by atoms with Gasteiger partial charge in [-0.25, -0.2) is 0 Å². The Hall–Kier alpha value is -1.56. The molecule has 0 saturated carbocycles. The standard InChI is InChI=1S/C19H25ClN4O.ClH/c1-13-18(19(25)22-10-8-15-7-9-21-11-15)14(2)24(23-13)12-16-5-3-4-6-17(16)20;/h3-6,15,21H,7-12H2,1-2H3,(H,22,25);1H. The Morgan fingerprint density at radius 2 is 2.15 bits per heavy atom. The lowest BCUT2D eigenvalue weighted by molar-refractivity contribution is 0.0950. The van der Waals surface area contributed by atoms with Crippen LogP contribution in [0.3, 0.4) is 0 Å². The Morgan fingerprint density at radius 3 is 2.85 bits per heavy atom. The van der Waals surface area contributed by atoms with E-state index >= 15 is 0 Å². The summed E-state index contributed by atoms with van der Waals surface area (Å²) >= 11 is 6.24. The second kappa shape index (κ2) is 9.40. The number of carbonyl (C=O) groups excluding carboxylic acids is 1. The van der Waals surface area contributed by atoms with Gasteiger partial charge in [-0.2, -0.15) is 5.10 Å². The molecule has 1 amide bonds. The Bertz CT molecular complexity index is 754. The number of carbonyl (C=O) groups is 1. The highest BCUT2D eigenvalue weighted by Gasteiger charge is 2.20. The molecule has 142 valence electrons. The minimum absolute atomic E-state index is 0. The molecular weight excluding hydrogens is 371 g/mol. The molecule has 1 aliphatic rings. The number of aryl methyl sites for hydroxylation is 1. The first kappa shape index (κ1) is 20.7. The van der Waals surface area contributed by atoms with Gasteiger partial charge in [0.25, 0.3) is 5.91 Å². The van der Waals surface area contributed by atoms with Crippen LogP contribution in [0.5, 0.6) is 0 Å². The largest absolute Gasteiger partial charge is 0.352 e. The van der Waals surface area contributed by atoms with Gasteiger partial charge in [0, 0.05) is 17.3 Å². The van der Waals surface area contributed by atoms with Crippen molar-refractivity contribution >= 4 is 29.9 Å². The van der Waals surface area contributed by atoms with Crippen molar-refractivity contribution < 1.29 is 4.79 Å². The van der Waals surface area contributed by atoms with Crippen molar-refractivity contribution in [2.75, 3.05) is 19.6 Å². The maximum atomic E-state index is 12.6. The fraction of sp³-hybridized carbons (Fsp3) is 0.474. The third-order valence-electron chi connectivity index (χ3n) is 4.89. The summed E-state index contributed by atoms with van der Waals surface area (Å²) in [6, 6.07) is 7.71. The highest BCUT2D eigenvalue weighted by molar-refractivity contribution is 6.31. The summed E-state index contributed by atoms with van der Waals surface area (Å²) in [5, 5.41) is 11.7. The van der Waals surface area contributed by atoms with E-state index in [-0.39, 0.29) is 18.3 Å². The predicted molar refractivity (Wildman–Crippen MR) is 107 cm³/mol. The summed E-state index contributed by atoms with van der Waals surface area (Å²) in [7, 11) is 0. The summed E-state index contributed by atoms with van der Waals surface area (Å²) in [6.07, 6.45) is 2.22. The van der Waals surface area contributed by atoms with Crippen LogP contribution in [0.2, 0.25) is 5.02 Å². The molecule has 5 nitrogen and oxygen atoms in total. The third kappa shape index (κ3) is 4.78. The average Bonchev–Trinajstić information content (AvgIpc) is 3.18. The zero-order chi connectivity index (χ0) is 17.8. The number of benzene rings is 1. The number of nitrogens with zero attached hydrogens (tertiary/aromatic N) is 2. The summed E-state index contributed by atoms with van der Waals surface area (Å²) in [5.74, 6) is 0.636. The van der Waals surface area contributed by atoms with E-state index in [9.17, 15) is 4.79 Å². The van der Waals surface area contributed by atoms with Crippen molar-refractivity contribution in [3.8, 4) is 0 Å². The van der Waals surface area contributed by atoms with Crippen LogP contribution in [-0.4, -0.2) is 35.3 Å². The van der Waals surface area contributed by atoms with Crippen LogP contribution in [0.1, 0.15) is 40.2 Å². The first-order valence-electron chi connectivity index (χ1n) is 8.82. The molecule has 1 aliphatic heterocycles. The van der Waals surface area contributed by atoms with Crippen LogP contribution in [0.15, 0.2) is 24.3 Å². The van der Waals surface area contributed by atoms with E-state index in [1.165, 1.54) is 6.42 Å². The molecule has 2 heterocycles. The van der Waals surface area contributed by atoms with Gasteiger partial charge in [0.05, 0.1) is 17.8 Å². The maximum absolute atomic E-state index is 12.6. The molecule has 0 spiro atoms. The Labute approximate surface area is 165 Å². The van der Waals surface area contributed by atoms with E-state index in [2.05, 4.69) is 15.7 Å². The van der Waals surface area contributed by atoms with E-state index in [1.807, 2.05) is 42.8 Å². The lowest BCUT2D eigenvalue weighted by atomic mass is 10.1. The van der Waals surface area contributed by atoms with E-state index in [1.54, 1.807) is 0 Å². The minimum Gasteiger partial charge on any atom is -0.352 e. The molecule has 1 aromatic carbocycles. The molecule has 7 heteroatoms. The fourth-order valence-corrected chi connectivity index (χ4v) is 3.60. The van der Waals surface area contributed by atoms with Crippen molar-refractivity contribution in [1.29, 1.82) is 0 Å². The Kier molecular flexibility index (Phi) is 7.50. The van der Waals surface area contributed by atoms with Crippen molar-refractivity contribution in [2.45, 2.75) is 33.2 Å². The number of amides is 1. The molecule has 2 aromatic rings. The molecule has 2 N–H and O–H groups in total. The summed E-state index contributed by atoms with van der Waals surface area (Å²) in [4.78, 5) is 12.6. The number of aromatic nitrogens is 2. The number of nitrogens with one attached hydrogen (secondary N) is 2. The molecule has 1 fully saturated rings. The minimum atomic E-state index is -0.0358. The Morgan fingerprint density at radius 1 is 1.38 bits per heavy atom. The van der Waals surface area contributed by atoms with Crippen molar-refractivity contribution in [3.63, 3.8) is 0 Å². The van der Waals surface area contributed by atoms with Crippen LogP contribution in [-0.2, 0) is 6.54 Å². The molecule has 1 unspecified atom stereocenters. The van der Waals surface area contributed by atoms with Gasteiger partial charge in [0.2, 0.25) is 0 Å². The number of hydrogen-bond acceptors (Lipinski definition) is 3. The number of rotatable bonds is 6. The monoisotopic (exact) mass is 396 g/mol. The molecule has 0 aliphatic carbocycles. The molecule has 1 atom stereocenters. The first-order valence-corrected chi connectivity index (χ1v) is 9.20. The molecule has 0 bridgehead atoms. The number of hydrogen-bond donors (Lipinski definition) is 2. The lowest BCUT2D eigenvalue weighted by Gasteiger charge is -2.10. The van der Waals surface area contributed by atoms with E-state index in [4.69, 9.17) is 11.6 Å². The van der Waals surface area contributed by atoms with Crippen molar-refractivity contribution in [3.05, 3.63) is 51.8 Å². The smallest absolute Gasteiger partial charge is 0.255 e. The summed E-state index contributed by atoms with van der Waals surface area (Å²) in [5.41, 5.74) is 3.30. The van der Waals surface area contributed by atoms with Crippen LogP contribution in [0.25, 0.3) is 0 Å². The highest BCUT2D eigenvalue weighted by atomic mass is 35.5. The second-order valence-corrected chi connectivity index (χ2v) is 7.11. The van der Waals surface area contributed by atoms with E-state index in [0.29, 0.717) is 29.6 Å². The molecule has 26 heavy (non-hydrogen) atoms. The first-order chi connectivity index (χ1) is 12.1. The molecule has 1 saturated heterocycles. The van der Waals surface area contributed by atoms with Gasteiger partial charge >= 0.3 is 0 Å². The molecule has 0 radical (unpaired) electrons. The number of halogens is 2. The predicted octanol–water partition coefficient (Wildman–Crippen LogP) is 3.35. The lowest BCUT2D eigenvalue weighted by Crippen LogP contribution is -2.27. The highest BCUT2D eigenvalue weighted by Crippen LogP contribution is 2.19. The second-order valence-electron chi connectivity index (χ2n) is 6.70. The van der Waals surface area contributed by atoms with Crippen molar-refractivity contribution in [2.24, 2.45) is 5.92 Å². The van der Waals surface area contributed by atoms with Crippen LogP contribution in [0, 0.1) is 19.8 Å². The normalized spacial score (nSPS) is 16.3. The summed E-state index contributed by atoms with van der Waals surface area (Å²) in [6.45, 7) is 7.24. The van der Waals surface area contributed by atoms with Crippen LogP contribution in [0.4, 0.5) is 0 Å². The fourth-order valence-electron chi connectivity index (χ4n) is 3.41. The molecule has 3 rings (SSSR count). The zero-order valence-electron chi connectivity index (χ0n) is 15.2. The molecule has 1 aromatic heterocycles.